The van der Waals surface area contributed by atoms with Gasteiger partial charge in [-0.25, -0.2) is 12.8 Å². The zero-order valence-electron chi connectivity index (χ0n) is 12.5. The largest absolute Gasteiger partial charge is 0.350 e. The molecule has 0 aliphatic carbocycles. The van der Waals surface area contributed by atoms with Crippen LogP contribution in [-0.4, -0.2) is 45.3 Å². The maximum Gasteiger partial charge on any atom is 0.243 e. The molecule has 2 aliphatic heterocycles. The van der Waals surface area contributed by atoms with E-state index in [-0.39, 0.29) is 17.1 Å². The van der Waals surface area contributed by atoms with E-state index in [0.29, 0.717) is 31.9 Å². The SMILES string of the molecule is Cc1ccc(F)cc1S(=O)(=O)N1CCC[C@@H](C2OCCO2)C1. The fraction of sp³-hybridized carbons (Fsp3) is 0.600. The van der Waals surface area contributed by atoms with Crippen molar-refractivity contribution in [2.24, 2.45) is 5.92 Å². The van der Waals surface area contributed by atoms with Gasteiger partial charge in [-0.05, 0) is 37.5 Å². The van der Waals surface area contributed by atoms with Gasteiger partial charge in [0, 0.05) is 19.0 Å². The molecule has 2 heterocycles. The lowest BCUT2D eigenvalue weighted by molar-refractivity contribution is -0.0940. The Hall–Kier alpha value is -1.02. The fourth-order valence-electron chi connectivity index (χ4n) is 3.05. The van der Waals surface area contributed by atoms with Crippen molar-refractivity contribution in [2.45, 2.75) is 31.0 Å². The molecule has 0 aromatic heterocycles. The third-order valence-electron chi connectivity index (χ3n) is 4.22. The number of hydrogen-bond donors (Lipinski definition) is 0. The molecule has 3 rings (SSSR count). The van der Waals surface area contributed by atoms with E-state index in [2.05, 4.69) is 0 Å². The Morgan fingerprint density at radius 1 is 1.27 bits per heavy atom. The van der Waals surface area contributed by atoms with Gasteiger partial charge in [0.25, 0.3) is 0 Å². The summed E-state index contributed by atoms with van der Waals surface area (Å²) in [5.41, 5.74) is 0.553. The number of nitrogens with zero attached hydrogens (tertiary/aromatic N) is 1. The Labute approximate surface area is 130 Å². The van der Waals surface area contributed by atoms with Gasteiger partial charge in [0.15, 0.2) is 6.29 Å². The normalized spacial score (nSPS) is 24.7. The highest BCUT2D eigenvalue weighted by molar-refractivity contribution is 7.89. The maximum atomic E-state index is 13.4. The number of piperidine rings is 1. The zero-order chi connectivity index (χ0) is 15.7. The number of aryl methyl sites for hydroxylation is 1. The van der Waals surface area contributed by atoms with E-state index in [1.165, 1.54) is 16.4 Å². The average Bonchev–Trinajstić information content (AvgIpc) is 3.04. The van der Waals surface area contributed by atoms with Crippen LogP contribution in [0, 0.1) is 18.7 Å². The summed E-state index contributed by atoms with van der Waals surface area (Å²) in [6, 6.07) is 3.86. The number of rotatable bonds is 3. The predicted octanol–water partition coefficient (Wildman–Crippen LogP) is 1.91. The first-order valence-corrected chi connectivity index (χ1v) is 8.92. The van der Waals surface area contributed by atoms with Gasteiger partial charge in [0.05, 0.1) is 18.1 Å². The second-order valence-electron chi connectivity index (χ2n) is 5.79. The summed E-state index contributed by atoms with van der Waals surface area (Å²) in [5.74, 6) is -0.514. The van der Waals surface area contributed by atoms with Gasteiger partial charge in [-0.2, -0.15) is 4.31 Å². The van der Waals surface area contributed by atoms with Crippen LogP contribution in [0.2, 0.25) is 0 Å². The van der Waals surface area contributed by atoms with Crippen molar-refractivity contribution in [3.63, 3.8) is 0 Å². The van der Waals surface area contributed by atoms with Crippen molar-refractivity contribution in [2.75, 3.05) is 26.3 Å². The summed E-state index contributed by atoms with van der Waals surface area (Å²) in [7, 11) is -3.70. The van der Waals surface area contributed by atoms with Gasteiger partial charge in [0.2, 0.25) is 10.0 Å². The molecule has 7 heteroatoms. The molecule has 0 spiro atoms. The van der Waals surface area contributed by atoms with Gasteiger partial charge >= 0.3 is 0 Å². The molecule has 2 aliphatic rings. The minimum absolute atomic E-state index is 0.0277. The van der Waals surface area contributed by atoms with Crippen LogP contribution in [0.15, 0.2) is 23.1 Å². The van der Waals surface area contributed by atoms with Gasteiger partial charge in [0.1, 0.15) is 5.82 Å². The average molecular weight is 329 g/mol. The standard InChI is InChI=1S/C15H20FNO4S/c1-11-4-5-13(16)9-14(11)22(18,19)17-6-2-3-12(10-17)15-20-7-8-21-15/h4-5,9,12,15H,2-3,6-8,10H2,1H3/t12-/m1/s1. The van der Waals surface area contributed by atoms with Crippen LogP contribution in [0.1, 0.15) is 18.4 Å². The van der Waals surface area contributed by atoms with Gasteiger partial charge in [-0.15, -0.1) is 0 Å². The molecule has 22 heavy (non-hydrogen) atoms. The maximum absolute atomic E-state index is 13.4. The van der Waals surface area contributed by atoms with Crippen LogP contribution < -0.4 is 0 Å². The molecule has 0 unspecified atom stereocenters. The summed E-state index contributed by atoms with van der Waals surface area (Å²) in [5, 5.41) is 0. The Morgan fingerprint density at radius 2 is 2.00 bits per heavy atom. The van der Waals surface area contributed by atoms with E-state index in [1.807, 2.05) is 0 Å². The van der Waals surface area contributed by atoms with Crippen molar-refractivity contribution < 1.29 is 22.3 Å². The van der Waals surface area contributed by atoms with E-state index in [4.69, 9.17) is 9.47 Å². The fourth-order valence-corrected chi connectivity index (χ4v) is 4.83. The predicted molar refractivity (Wildman–Crippen MR) is 78.3 cm³/mol. The van der Waals surface area contributed by atoms with E-state index in [1.54, 1.807) is 6.92 Å². The molecular formula is C15H20FNO4S. The molecule has 0 saturated carbocycles. The molecule has 1 aromatic carbocycles. The van der Waals surface area contributed by atoms with Crippen LogP contribution >= 0.6 is 0 Å². The first-order chi connectivity index (χ1) is 10.5. The van der Waals surface area contributed by atoms with Gasteiger partial charge in [-0.3, -0.25) is 0 Å². The number of halogens is 1. The molecule has 0 bridgehead atoms. The third kappa shape index (κ3) is 3.03. The molecule has 0 amide bonds. The lowest BCUT2D eigenvalue weighted by atomic mass is 9.99. The molecule has 1 atom stereocenters. The summed E-state index contributed by atoms with van der Waals surface area (Å²) in [6.45, 7) is 3.58. The first kappa shape index (κ1) is 15.9. The van der Waals surface area contributed by atoms with E-state index < -0.39 is 15.8 Å². The summed E-state index contributed by atoms with van der Waals surface area (Å²) in [6.07, 6.45) is 1.30. The van der Waals surface area contributed by atoms with Crippen LogP contribution in [0.4, 0.5) is 4.39 Å². The number of sulfonamides is 1. The summed E-state index contributed by atoms with van der Waals surface area (Å²) < 4.78 is 51.5. The molecule has 1 aromatic rings. The monoisotopic (exact) mass is 329 g/mol. The Kier molecular flexibility index (Phi) is 4.49. The highest BCUT2D eigenvalue weighted by atomic mass is 32.2. The Morgan fingerprint density at radius 3 is 2.73 bits per heavy atom. The third-order valence-corrected chi connectivity index (χ3v) is 6.23. The topological polar surface area (TPSA) is 55.8 Å². The molecule has 2 fully saturated rings. The summed E-state index contributed by atoms with van der Waals surface area (Å²) >= 11 is 0. The van der Waals surface area contributed by atoms with Crippen LogP contribution in [0.3, 0.4) is 0 Å². The van der Waals surface area contributed by atoms with Crippen molar-refractivity contribution in [1.29, 1.82) is 0 Å². The van der Waals surface area contributed by atoms with Gasteiger partial charge in [-0.1, -0.05) is 6.07 Å². The molecule has 0 N–H and O–H groups in total. The van der Waals surface area contributed by atoms with Crippen LogP contribution in [0.25, 0.3) is 0 Å². The van der Waals surface area contributed by atoms with Crippen molar-refractivity contribution in [3.8, 4) is 0 Å². The van der Waals surface area contributed by atoms with Crippen LogP contribution in [0.5, 0.6) is 0 Å². The van der Waals surface area contributed by atoms with Crippen molar-refractivity contribution in [3.05, 3.63) is 29.6 Å². The Bertz CT molecular complexity index is 643. The second-order valence-corrected chi connectivity index (χ2v) is 7.69. The first-order valence-electron chi connectivity index (χ1n) is 7.48. The minimum atomic E-state index is -3.70. The molecule has 5 nitrogen and oxygen atoms in total. The number of ether oxygens (including phenoxy) is 2. The molecular weight excluding hydrogens is 309 g/mol. The van der Waals surface area contributed by atoms with Crippen LogP contribution in [-0.2, 0) is 19.5 Å². The second kappa shape index (κ2) is 6.23. The number of hydrogen-bond acceptors (Lipinski definition) is 4. The smallest absolute Gasteiger partial charge is 0.243 e. The quantitative estimate of drug-likeness (QED) is 0.850. The Balaban J connectivity index is 1.83. The van der Waals surface area contributed by atoms with Gasteiger partial charge < -0.3 is 9.47 Å². The summed E-state index contributed by atoms with van der Waals surface area (Å²) in [4.78, 5) is 0.0430. The van der Waals surface area contributed by atoms with Crippen molar-refractivity contribution >= 4 is 10.0 Å². The number of benzene rings is 1. The highest BCUT2D eigenvalue weighted by Gasteiger charge is 2.36. The molecule has 122 valence electrons. The molecule has 0 radical (unpaired) electrons. The van der Waals surface area contributed by atoms with E-state index in [0.717, 1.165) is 18.9 Å². The van der Waals surface area contributed by atoms with E-state index >= 15 is 0 Å². The van der Waals surface area contributed by atoms with E-state index in [9.17, 15) is 12.8 Å². The molecule has 2 saturated heterocycles. The zero-order valence-corrected chi connectivity index (χ0v) is 13.3. The minimum Gasteiger partial charge on any atom is -0.350 e. The highest BCUT2D eigenvalue weighted by Crippen LogP contribution is 2.29. The lowest BCUT2D eigenvalue weighted by Gasteiger charge is -2.34. The van der Waals surface area contributed by atoms with Crippen molar-refractivity contribution in [1.82, 2.24) is 4.31 Å². The lowest BCUT2D eigenvalue weighted by Crippen LogP contribution is -2.43.